The fourth-order valence-corrected chi connectivity index (χ4v) is 2.68. The Balaban J connectivity index is 1.83. The molecule has 0 saturated heterocycles. The van der Waals surface area contributed by atoms with Crippen molar-refractivity contribution in [3.63, 3.8) is 0 Å². The van der Waals surface area contributed by atoms with Gasteiger partial charge in [-0.15, -0.1) is 6.42 Å². The lowest BCUT2D eigenvalue weighted by Gasteiger charge is -2.09. The summed E-state index contributed by atoms with van der Waals surface area (Å²) in [6.07, 6.45) is 9.41. The Labute approximate surface area is 146 Å². The maximum absolute atomic E-state index is 12.1. The monoisotopic (exact) mass is 330 g/mol. The zero-order valence-electron chi connectivity index (χ0n) is 13.9. The van der Waals surface area contributed by atoms with Crippen molar-refractivity contribution < 1.29 is 9.53 Å². The predicted molar refractivity (Wildman–Crippen MR) is 99.8 cm³/mol. The number of carbonyl (C=O) groups excluding carboxylic acids is 1. The summed E-state index contributed by atoms with van der Waals surface area (Å²) in [7, 11) is 1.38. The lowest BCUT2D eigenvalue weighted by atomic mass is 10.1. The number of nitrogens with zero attached hydrogens (tertiary/aromatic N) is 1. The molecule has 1 unspecified atom stereocenters. The van der Waals surface area contributed by atoms with Gasteiger partial charge in [-0.3, -0.25) is 4.99 Å². The number of hydrogen-bond acceptors (Lipinski definition) is 3. The molecule has 1 atom stereocenters. The van der Waals surface area contributed by atoms with Crippen molar-refractivity contribution in [2.24, 2.45) is 4.99 Å². The van der Waals surface area contributed by atoms with Crippen molar-refractivity contribution in [1.29, 1.82) is 0 Å². The van der Waals surface area contributed by atoms with Gasteiger partial charge in [0.2, 0.25) is 0 Å². The number of aromatic amines is 1. The van der Waals surface area contributed by atoms with Crippen LogP contribution in [0.15, 0.2) is 59.7 Å². The summed E-state index contributed by atoms with van der Waals surface area (Å²) < 4.78 is 4.91. The third-order valence-corrected chi connectivity index (χ3v) is 4.04. The molecule has 4 heteroatoms. The third-order valence-electron chi connectivity index (χ3n) is 4.04. The molecule has 4 nitrogen and oxygen atoms in total. The number of rotatable bonds is 5. The van der Waals surface area contributed by atoms with Crippen LogP contribution in [0.4, 0.5) is 0 Å². The minimum Gasteiger partial charge on any atom is -0.467 e. The Morgan fingerprint density at radius 1 is 1.28 bits per heavy atom. The molecule has 124 valence electrons. The van der Waals surface area contributed by atoms with Crippen molar-refractivity contribution in [3.05, 3.63) is 71.4 Å². The number of fused-ring (bicyclic) bond motifs is 1. The SMILES string of the molecule is C#Cc1ccc(C=NC(Cc2c[nH]c3ccccc23)C(=O)OC)cc1. The van der Waals surface area contributed by atoms with E-state index in [1.165, 1.54) is 7.11 Å². The molecule has 0 bridgehead atoms. The normalized spacial score (nSPS) is 12.2. The number of terminal acetylenes is 1. The quantitative estimate of drug-likeness (QED) is 0.443. The molecule has 0 amide bonds. The molecule has 3 aromatic rings. The highest BCUT2D eigenvalue weighted by atomic mass is 16.5. The Bertz CT molecular complexity index is 946. The molecule has 1 N–H and O–H groups in total. The number of aromatic nitrogens is 1. The Morgan fingerprint density at radius 3 is 2.76 bits per heavy atom. The molecule has 0 aliphatic heterocycles. The van der Waals surface area contributed by atoms with E-state index in [0.717, 1.165) is 27.6 Å². The predicted octanol–water partition coefficient (Wildman–Crippen LogP) is 3.35. The average molecular weight is 330 g/mol. The lowest BCUT2D eigenvalue weighted by molar-refractivity contribution is -0.142. The van der Waals surface area contributed by atoms with E-state index in [1.54, 1.807) is 6.21 Å². The molecule has 0 aliphatic rings. The van der Waals surface area contributed by atoms with Gasteiger partial charge in [0, 0.05) is 35.3 Å². The van der Waals surface area contributed by atoms with Crippen molar-refractivity contribution in [3.8, 4) is 12.3 Å². The van der Waals surface area contributed by atoms with E-state index in [0.29, 0.717) is 6.42 Å². The van der Waals surface area contributed by atoms with E-state index in [1.807, 2.05) is 54.7 Å². The Hall–Kier alpha value is -3.32. The van der Waals surface area contributed by atoms with Crippen LogP contribution in [0.3, 0.4) is 0 Å². The van der Waals surface area contributed by atoms with Crippen LogP contribution < -0.4 is 0 Å². The van der Waals surface area contributed by atoms with Crippen LogP contribution >= 0.6 is 0 Å². The van der Waals surface area contributed by atoms with Gasteiger partial charge in [-0.2, -0.15) is 0 Å². The maximum Gasteiger partial charge on any atom is 0.330 e. The number of methoxy groups -OCH3 is 1. The molecule has 0 fully saturated rings. The summed E-state index contributed by atoms with van der Waals surface area (Å²) in [5, 5.41) is 1.09. The Morgan fingerprint density at radius 2 is 2.04 bits per heavy atom. The Kier molecular flexibility index (Phi) is 4.96. The molecular formula is C21H18N2O2. The number of carbonyl (C=O) groups is 1. The smallest absolute Gasteiger partial charge is 0.330 e. The molecular weight excluding hydrogens is 312 g/mol. The highest BCUT2D eigenvalue weighted by molar-refractivity contribution is 5.86. The first kappa shape index (κ1) is 16.5. The molecule has 0 radical (unpaired) electrons. The van der Waals surface area contributed by atoms with E-state index in [4.69, 9.17) is 11.2 Å². The molecule has 1 aromatic heterocycles. The highest BCUT2D eigenvalue weighted by Gasteiger charge is 2.19. The fourth-order valence-electron chi connectivity index (χ4n) is 2.68. The first-order chi connectivity index (χ1) is 12.2. The molecule has 0 spiro atoms. The van der Waals surface area contributed by atoms with E-state index in [9.17, 15) is 4.79 Å². The maximum atomic E-state index is 12.1. The van der Waals surface area contributed by atoms with Crippen LogP contribution in [-0.4, -0.2) is 30.3 Å². The zero-order chi connectivity index (χ0) is 17.6. The van der Waals surface area contributed by atoms with Crippen LogP contribution in [-0.2, 0) is 16.0 Å². The molecule has 0 saturated carbocycles. The van der Waals surface area contributed by atoms with Gasteiger partial charge in [0.1, 0.15) is 0 Å². The first-order valence-corrected chi connectivity index (χ1v) is 7.94. The van der Waals surface area contributed by atoms with Crippen molar-refractivity contribution in [1.82, 2.24) is 4.98 Å². The van der Waals surface area contributed by atoms with Crippen molar-refractivity contribution in [2.45, 2.75) is 12.5 Å². The summed E-state index contributed by atoms with van der Waals surface area (Å²) >= 11 is 0. The van der Waals surface area contributed by atoms with Gasteiger partial charge in [0.25, 0.3) is 0 Å². The number of H-pyrrole nitrogens is 1. The fraction of sp³-hybridized carbons (Fsp3) is 0.143. The second-order valence-corrected chi connectivity index (χ2v) is 5.65. The zero-order valence-corrected chi connectivity index (χ0v) is 13.9. The number of para-hydroxylation sites is 1. The highest BCUT2D eigenvalue weighted by Crippen LogP contribution is 2.20. The second-order valence-electron chi connectivity index (χ2n) is 5.65. The van der Waals surface area contributed by atoms with E-state index in [-0.39, 0.29) is 5.97 Å². The number of ether oxygens (including phenoxy) is 1. The van der Waals surface area contributed by atoms with Crippen LogP contribution in [0.5, 0.6) is 0 Å². The molecule has 25 heavy (non-hydrogen) atoms. The lowest BCUT2D eigenvalue weighted by Crippen LogP contribution is -2.23. The first-order valence-electron chi connectivity index (χ1n) is 7.94. The van der Waals surface area contributed by atoms with Gasteiger partial charge in [-0.05, 0) is 29.3 Å². The summed E-state index contributed by atoms with van der Waals surface area (Å²) in [5.41, 5.74) is 3.76. The van der Waals surface area contributed by atoms with Crippen molar-refractivity contribution in [2.75, 3.05) is 7.11 Å². The van der Waals surface area contributed by atoms with Gasteiger partial charge in [0.05, 0.1) is 7.11 Å². The third kappa shape index (κ3) is 3.78. The number of nitrogens with one attached hydrogen (secondary N) is 1. The number of aliphatic imine (C=N–C) groups is 1. The summed E-state index contributed by atoms with van der Waals surface area (Å²) in [4.78, 5) is 19.8. The average Bonchev–Trinajstić information content (AvgIpc) is 3.08. The van der Waals surface area contributed by atoms with Crippen LogP contribution in [0.25, 0.3) is 10.9 Å². The van der Waals surface area contributed by atoms with Crippen LogP contribution in [0, 0.1) is 12.3 Å². The molecule has 1 heterocycles. The minimum atomic E-state index is -0.600. The van der Waals surface area contributed by atoms with E-state index >= 15 is 0 Å². The van der Waals surface area contributed by atoms with Crippen LogP contribution in [0.2, 0.25) is 0 Å². The number of hydrogen-bond donors (Lipinski definition) is 1. The van der Waals surface area contributed by atoms with E-state index < -0.39 is 6.04 Å². The number of benzene rings is 2. The summed E-state index contributed by atoms with van der Waals surface area (Å²) in [5.74, 6) is 2.21. The summed E-state index contributed by atoms with van der Waals surface area (Å²) in [6.45, 7) is 0. The standard InChI is InChI=1S/C21H18N2O2/c1-3-15-8-10-16(11-9-15)13-22-20(21(24)25-2)12-17-14-23-19-7-5-4-6-18(17)19/h1,4-11,13-14,20,23H,12H2,2H3. The van der Waals surface area contributed by atoms with Gasteiger partial charge >= 0.3 is 5.97 Å². The number of esters is 1. The second kappa shape index (κ2) is 7.50. The van der Waals surface area contributed by atoms with Gasteiger partial charge in [-0.25, -0.2) is 4.79 Å². The molecule has 2 aromatic carbocycles. The van der Waals surface area contributed by atoms with Crippen LogP contribution in [0.1, 0.15) is 16.7 Å². The summed E-state index contributed by atoms with van der Waals surface area (Å²) in [6, 6.07) is 14.8. The van der Waals surface area contributed by atoms with Gasteiger partial charge in [0.15, 0.2) is 6.04 Å². The molecule has 3 rings (SSSR count). The topological polar surface area (TPSA) is 54.5 Å². The minimum absolute atomic E-state index is 0.359. The van der Waals surface area contributed by atoms with Gasteiger partial charge < -0.3 is 9.72 Å². The van der Waals surface area contributed by atoms with E-state index in [2.05, 4.69) is 15.9 Å². The molecule has 0 aliphatic carbocycles. The van der Waals surface area contributed by atoms with Gasteiger partial charge in [-0.1, -0.05) is 36.3 Å². The largest absolute Gasteiger partial charge is 0.467 e. The van der Waals surface area contributed by atoms with Crippen molar-refractivity contribution >= 4 is 23.1 Å².